The van der Waals surface area contributed by atoms with E-state index in [-0.39, 0.29) is 119 Å². The number of aryl methyl sites for hydroxylation is 2. The highest BCUT2D eigenvalue weighted by Gasteiger charge is 2.46. The highest BCUT2D eigenvalue weighted by atomic mass is 19.1. The number of imide groups is 1. The van der Waals surface area contributed by atoms with E-state index in [4.69, 9.17) is 19.2 Å². The van der Waals surface area contributed by atoms with E-state index in [2.05, 4.69) is 31.9 Å². The first-order chi connectivity index (χ1) is 41.3. The van der Waals surface area contributed by atoms with Crippen LogP contribution in [0.3, 0.4) is 0 Å². The molecule has 4 atom stereocenters. The number of likely N-dealkylation sites (tertiary alicyclic amines) is 1. The SMILES string of the molecule is CC[C@@]1(O)C(=O)OCc2c1cc1n(c2=O)Cc2c-1nc1cc(F)c(C)c3c1c2[C@@H](NC(=O)CCOCCOCNC(=O)CNC(=O)[C@H](Cc1ccccc1)NC(=O)CNC(=O)CNC(=O)CCC[n+]1ccccc1CCN1C(=O)CC(C)C1=O)CC3. The third-order valence-electron chi connectivity index (χ3n) is 16.1. The number of rotatable bonds is 27. The minimum atomic E-state index is -2.03. The van der Waals surface area contributed by atoms with Crippen LogP contribution in [0, 0.1) is 18.7 Å². The molecule has 4 aliphatic rings. The Morgan fingerprint density at radius 3 is 2.36 bits per heavy atom. The van der Waals surface area contributed by atoms with E-state index in [0.717, 1.165) is 16.8 Å². The van der Waals surface area contributed by atoms with E-state index in [0.29, 0.717) is 71.2 Å². The average Bonchev–Trinajstić information content (AvgIpc) is 2.04. The summed E-state index contributed by atoms with van der Waals surface area (Å²) in [7, 11) is 0. The zero-order valence-corrected chi connectivity index (χ0v) is 48.1. The molecule has 2 aromatic carbocycles. The second-order valence-electron chi connectivity index (χ2n) is 21.8. The lowest BCUT2D eigenvalue weighted by Gasteiger charge is -2.31. The second kappa shape index (κ2) is 27.5. The van der Waals surface area contributed by atoms with Gasteiger partial charge in [-0.1, -0.05) is 50.2 Å². The van der Waals surface area contributed by atoms with Gasteiger partial charge in [0.1, 0.15) is 31.7 Å². The number of aromatic nitrogens is 3. The maximum Gasteiger partial charge on any atom is 0.343 e. The zero-order chi connectivity index (χ0) is 61.2. The van der Waals surface area contributed by atoms with E-state index in [1.807, 2.05) is 29.0 Å². The van der Waals surface area contributed by atoms with Crippen LogP contribution >= 0.6 is 0 Å². The number of aliphatic hydroxyl groups is 1. The van der Waals surface area contributed by atoms with Gasteiger partial charge in [0.25, 0.3) is 5.56 Å². The maximum atomic E-state index is 15.4. The molecular formula is C61H70FN10O14+. The molecule has 1 unspecified atom stereocenters. The highest BCUT2D eigenvalue weighted by Crippen LogP contribution is 2.46. The van der Waals surface area contributed by atoms with Crippen molar-refractivity contribution in [1.82, 2.24) is 46.4 Å². The quantitative estimate of drug-likeness (QED) is 0.0124. The molecule has 9 rings (SSSR count). The lowest BCUT2D eigenvalue weighted by molar-refractivity contribution is -0.704. The molecule has 3 aromatic heterocycles. The van der Waals surface area contributed by atoms with Gasteiger partial charge in [0.2, 0.25) is 47.3 Å². The molecular weight excluding hydrogens is 1120 g/mol. The number of halogens is 1. The van der Waals surface area contributed by atoms with Gasteiger partial charge in [-0.3, -0.25) is 48.1 Å². The van der Waals surface area contributed by atoms with Crippen LogP contribution in [0.2, 0.25) is 0 Å². The van der Waals surface area contributed by atoms with E-state index in [9.17, 15) is 53.1 Å². The van der Waals surface area contributed by atoms with E-state index < -0.39 is 78.3 Å². The molecule has 0 radical (unpaired) electrons. The summed E-state index contributed by atoms with van der Waals surface area (Å²) in [6.07, 6.45) is 3.98. The van der Waals surface area contributed by atoms with Crippen molar-refractivity contribution in [2.75, 3.05) is 52.7 Å². The van der Waals surface area contributed by atoms with Crippen molar-refractivity contribution < 1.29 is 71.4 Å². The van der Waals surface area contributed by atoms with Crippen LogP contribution in [0.5, 0.6) is 0 Å². The molecule has 5 aromatic rings. The van der Waals surface area contributed by atoms with Crippen LogP contribution < -0.4 is 42.0 Å². The van der Waals surface area contributed by atoms with Gasteiger partial charge in [0.05, 0.1) is 80.9 Å². The van der Waals surface area contributed by atoms with E-state index >= 15 is 4.39 Å². The number of hydrogen-bond acceptors (Lipinski definition) is 15. The Kier molecular flexibility index (Phi) is 19.7. The summed E-state index contributed by atoms with van der Waals surface area (Å²) in [5.41, 5.74) is 3.20. The number of esters is 1. The number of pyridine rings is 3. The monoisotopic (exact) mass is 1190 g/mol. The molecule has 25 heteroatoms. The molecule has 1 aliphatic carbocycles. The number of benzene rings is 2. The first-order valence-electron chi connectivity index (χ1n) is 28.8. The fourth-order valence-electron chi connectivity index (χ4n) is 11.4. The topological polar surface area (TPSA) is 316 Å². The Labute approximate surface area is 493 Å². The molecule has 3 aliphatic heterocycles. The first-order valence-corrected chi connectivity index (χ1v) is 28.8. The number of hydrogen-bond donors (Lipinski definition) is 7. The number of nitrogens with one attached hydrogen (secondary N) is 6. The van der Waals surface area contributed by atoms with Crippen LogP contribution in [0.4, 0.5) is 4.39 Å². The van der Waals surface area contributed by atoms with Crippen LogP contribution in [-0.2, 0) is 102 Å². The first kappa shape index (κ1) is 61.7. The fourth-order valence-corrected chi connectivity index (χ4v) is 11.4. The van der Waals surface area contributed by atoms with E-state index in [1.54, 1.807) is 57.2 Å². The molecule has 0 bridgehead atoms. The van der Waals surface area contributed by atoms with Gasteiger partial charge in [-0.05, 0) is 54.5 Å². The molecule has 0 spiro atoms. The minimum absolute atomic E-state index is 0.0218. The summed E-state index contributed by atoms with van der Waals surface area (Å²) in [5, 5.41) is 27.8. The van der Waals surface area contributed by atoms with Crippen molar-refractivity contribution in [2.24, 2.45) is 5.92 Å². The molecule has 8 amide bonds. The largest absolute Gasteiger partial charge is 0.458 e. The Hall–Kier alpha value is -8.81. The number of amides is 8. The van der Waals surface area contributed by atoms with Crippen molar-refractivity contribution >= 4 is 64.1 Å². The van der Waals surface area contributed by atoms with Gasteiger partial charge in [0.15, 0.2) is 17.5 Å². The lowest BCUT2D eigenvalue weighted by atomic mass is 9.81. The fraction of sp³-hybridized carbons (Fsp3) is 0.443. The molecule has 6 heterocycles. The number of carbonyl (C=O) groups excluding carboxylic acids is 9. The van der Waals surface area contributed by atoms with Crippen molar-refractivity contribution in [3.8, 4) is 11.4 Å². The Balaban J connectivity index is 0.673. The van der Waals surface area contributed by atoms with Crippen LogP contribution in [-0.4, -0.2) is 132 Å². The van der Waals surface area contributed by atoms with Crippen molar-refractivity contribution in [1.29, 1.82) is 0 Å². The lowest BCUT2D eigenvalue weighted by Crippen LogP contribution is -2.52. The van der Waals surface area contributed by atoms with Gasteiger partial charge in [-0.25, -0.2) is 18.7 Å². The van der Waals surface area contributed by atoms with Crippen molar-refractivity contribution in [3.63, 3.8) is 0 Å². The molecule has 7 N–H and O–H groups in total. The highest BCUT2D eigenvalue weighted by molar-refractivity contribution is 6.03. The number of cyclic esters (lactones) is 1. The molecule has 0 saturated carbocycles. The van der Waals surface area contributed by atoms with Crippen molar-refractivity contribution in [2.45, 2.75) is 116 Å². The third-order valence-corrected chi connectivity index (χ3v) is 16.1. The van der Waals surface area contributed by atoms with Gasteiger partial charge >= 0.3 is 5.97 Å². The van der Waals surface area contributed by atoms with Gasteiger partial charge in [0, 0.05) is 79.3 Å². The molecule has 1 saturated heterocycles. The minimum Gasteiger partial charge on any atom is -0.458 e. The van der Waals surface area contributed by atoms with Crippen LogP contribution in [0.1, 0.15) is 103 Å². The van der Waals surface area contributed by atoms with Gasteiger partial charge in [-0.2, -0.15) is 0 Å². The van der Waals surface area contributed by atoms with Crippen LogP contribution in [0.15, 0.2) is 71.7 Å². The number of carbonyl (C=O) groups is 9. The average molecular weight is 1190 g/mol. The molecule has 86 heavy (non-hydrogen) atoms. The van der Waals surface area contributed by atoms with Crippen molar-refractivity contribution in [3.05, 3.63) is 128 Å². The summed E-state index contributed by atoms with van der Waals surface area (Å²) in [6.45, 7) is 4.17. The summed E-state index contributed by atoms with van der Waals surface area (Å²) < 4.78 is 35.2. The molecule has 1 fully saturated rings. The molecule has 454 valence electrons. The zero-order valence-electron chi connectivity index (χ0n) is 48.1. The number of nitrogens with zero attached hydrogens (tertiary/aromatic N) is 4. The smallest absolute Gasteiger partial charge is 0.343 e. The number of fused-ring (bicyclic) bond motifs is 5. The summed E-state index contributed by atoms with van der Waals surface area (Å²) in [6, 6.07) is 15.7. The standard InChI is InChI=1S/C61H69FN10O14/c1-4-61(83)42-27-47-56-40(32-72(47)59(81)41(42)33-86-60(61)82)55-44(16-15-39-36(3)43(62)28-45(69-56)54(39)55)67-49(74)18-22-84-23-24-85-34-66-51(76)30-65-57(79)46(26-37-11-6-5-7-12-37)68-52(77)31-64-50(75)29-63-48(73)14-10-20-70-19-9-8-13-38(70)17-21-71-53(78)25-35(2)58(71)80/h5-9,11-13,19,27-28,35,44,46,83H,4,10,14-18,20-26,29-34H2,1-3H3,(H5-,63,64,65,66,67,68,73,74,75,76,77,79)/p+1/t35?,44-,46-,61-/m0/s1. The van der Waals surface area contributed by atoms with Gasteiger partial charge < -0.3 is 55.8 Å². The summed E-state index contributed by atoms with van der Waals surface area (Å²) in [5.74, 6) is -5.25. The predicted octanol–water partition coefficient (Wildman–Crippen LogP) is 0.909. The summed E-state index contributed by atoms with van der Waals surface area (Å²) >= 11 is 0. The Morgan fingerprint density at radius 2 is 1.59 bits per heavy atom. The van der Waals surface area contributed by atoms with E-state index in [1.165, 1.54) is 15.5 Å². The third kappa shape index (κ3) is 14.0. The van der Waals surface area contributed by atoms with Crippen LogP contribution in [0.25, 0.3) is 22.3 Å². The normalized spacial score (nSPS) is 17.7. The predicted molar refractivity (Wildman–Crippen MR) is 304 cm³/mol. The number of ether oxygens (including phenoxy) is 3. The van der Waals surface area contributed by atoms with Gasteiger partial charge in [-0.15, -0.1) is 0 Å². The second-order valence-corrected chi connectivity index (χ2v) is 21.8. The summed E-state index contributed by atoms with van der Waals surface area (Å²) in [4.78, 5) is 135. The Morgan fingerprint density at radius 1 is 0.860 bits per heavy atom. The maximum absolute atomic E-state index is 15.4. The Bertz CT molecular complexity index is 3560. The molecule has 24 nitrogen and oxygen atoms in total.